The number of thioether (sulfide) groups is 1. The van der Waals surface area contributed by atoms with Gasteiger partial charge in [0.15, 0.2) is 0 Å². The average molecular weight is 192 g/mol. The first kappa shape index (κ1) is 9.94. The van der Waals surface area contributed by atoms with Gasteiger partial charge < -0.3 is 5.73 Å². The van der Waals surface area contributed by atoms with Crippen LogP contribution in [-0.4, -0.2) is 5.25 Å². The SMILES string of the molecule is Cc1ccc(N)c(SC(C)C#N)c1. The zero-order chi connectivity index (χ0) is 9.84. The fourth-order valence-electron chi connectivity index (χ4n) is 0.960. The largest absolute Gasteiger partial charge is 0.398 e. The molecule has 2 N–H and O–H groups in total. The average Bonchev–Trinajstić information content (AvgIpc) is 2.11. The van der Waals surface area contributed by atoms with Crippen LogP contribution in [0.25, 0.3) is 0 Å². The molecule has 0 aliphatic rings. The lowest BCUT2D eigenvalue weighted by molar-refractivity contribution is 1.23. The van der Waals surface area contributed by atoms with Gasteiger partial charge in [-0.3, -0.25) is 0 Å². The minimum absolute atomic E-state index is 0.0518. The summed E-state index contributed by atoms with van der Waals surface area (Å²) in [7, 11) is 0. The van der Waals surface area contributed by atoms with Gasteiger partial charge in [0.25, 0.3) is 0 Å². The van der Waals surface area contributed by atoms with Gasteiger partial charge in [0.2, 0.25) is 0 Å². The second-order valence-electron chi connectivity index (χ2n) is 2.93. The van der Waals surface area contributed by atoms with Gasteiger partial charge in [-0.2, -0.15) is 5.26 Å². The van der Waals surface area contributed by atoms with Crippen LogP contribution < -0.4 is 5.73 Å². The lowest BCUT2D eigenvalue weighted by atomic mass is 10.2. The van der Waals surface area contributed by atoms with Crippen LogP contribution in [0.3, 0.4) is 0 Å². The number of rotatable bonds is 2. The van der Waals surface area contributed by atoms with E-state index < -0.39 is 0 Å². The van der Waals surface area contributed by atoms with Gasteiger partial charge in [-0.1, -0.05) is 6.07 Å². The van der Waals surface area contributed by atoms with Crippen molar-refractivity contribution in [3.05, 3.63) is 23.8 Å². The maximum absolute atomic E-state index is 8.64. The Bertz CT molecular complexity index is 341. The molecule has 1 atom stereocenters. The van der Waals surface area contributed by atoms with Gasteiger partial charge in [-0.15, -0.1) is 11.8 Å². The summed E-state index contributed by atoms with van der Waals surface area (Å²) in [6.45, 7) is 3.88. The van der Waals surface area contributed by atoms with E-state index in [1.165, 1.54) is 17.3 Å². The number of hydrogen-bond acceptors (Lipinski definition) is 3. The molecule has 1 aromatic rings. The summed E-state index contributed by atoms with van der Waals surface area (Å²) in [4.78, 5) is 0.994. The van der Waals surface area contributed by atoms with Crippen molar-refractivity contribution in [3.8, 4) is 6.07 Å². The number of hydrogen-bond donors (Lipinski definition) is 1. The Balaban J connectivity index is 2.88. The zero-order valence-electron chi connectivity index (χ0n) is 7.74. The Morgan fingerprint density at radius 3 is 2.85 bits per heavy atom. The molecule has 0 radical (unpaired) electrons. The monoisotopic (exact) mass is 192 g/mol. The summed E-state index contributed by atoms with van der Waals surface area (Å²) in [6.07, 6.45) is 0. The predicted octanol–water partition coefficient (Wildman–Crippen LogP) is 2.58. The fourth-order valence-corrected chi connectivity index (χ4v) is 1.85. The second-order valence-corrected chi connectivity index (χ2v) is 4.31. The zero-order valence-corrected chi connectivity index (χ0v) is 8.56. The number of nitrogens with zero attached hydrogens (tertiary/aromatic N) is 1. The predicted molar refractivity (Wildman–Crippen MR) is 56.5 cm³/mol. The smallest absolute Gasteiger partial charge is 0.0936 e. The molecule has 13 heavy (non-hydrogen) atoms. The highest BCUT2D eigenvalue weighted by Crippen LogP contribution is 2.28. The van der Waals surface area contributed by atoms with Crippen molar-refractivity contribution >= 4 is 17.4 Å². The van der Waals surface area contributed by atoms with Crippen LogP contribution in [0.15, 0.2) is 23.1 Å². The number of benzene rings is 1. The highest BCUT2D eigenvalue weighted by molar-refractivity contribution is 8.00. The normalized spacial score (nSPS) is 12.1. The lowest BCUT2D eigenvalue weighted by Crippen LogP contribution is -1.94. The van der Waals surface area contributed by atoms with Crippen molar-refractivity contribution in [2.24, 2.45) is 0 Å². The highest BCUT2D eigenvalue weighted by atomic mass is 32.2. The molecule has 1 unspecified atom stereocenters. The maximum atomic E-state index is 8.64. The van der Waals surface area contributed by atoms with Crippen LogP contribution in [0.1, 0.15) is 12.5 Å². The van der Waals surface area contributed by atoms with Crippen molar-refractivity contribution in [2.45, 2.75) is 24.0 Å². The number of nitrogens with two attached hydrogens (primary N) is 1. The van der Waals surface area contributed by atoms with E-state index in [1.807, 2.05) is 32.0 Å². The van der Waals surface area contributed by atoms with Gasteiger partial charge in [-0.25, -0.2) is 0 Å². The molecule has 1 aromatic carbocycles. The Labute approximate surface area is 82.7 Å². The molecule has 68 valence electrons. The van der Waals surface area contributed by atoms with Crippen LogP contribution in [0, 0.1) is 18.3 Å². The van der Waals surface area contributed by atoms with E-state index in [0.29, 0.717) is 0 Å². The summed E-state index contributed by atoms with van der Waals surface area (Å²) >= 11 is 1.50. The lowest BCUT2D eigenvalue weighted by Gasteiger charge is -2.06. The van der Waals surface area contributed by atoms with E-state index in [0.717, 1.165) is 10.6 Å². The van der Waals surface area contributed by atoms with Gasteiger partial charge >= 0.3 is 0 Å². The third-order valence-corrected chi connectivity index (χ3v) is 2.72. The Kier molecular flexibility index (Phi) is 3.21. The molecule has 3 heteroatoms. The molecule has 0 aliphatic carbocycles. The van der Waals surface area contributed by atoms with Crippen molar-refractivity contribution in [1.82, 2.24) is 0 Å². The number of nitrogen functional groups attached to an aromatic ring is 1. The second kappa shape index (κ2) is 4.20. The topological polar surface area (TPSA) is 49.8 Å². The maximum Gasteiger partial charge on any atom is 0.0936 e. The van der Waals surface area contributed by atoms with Crippen molar-refractivity contribution in [2.75, 3.05) is 5.73 Å². The van der Waals surface area contributed by atoms with Crippen LogP contribution >= 0.6 is 11.8 Å². The minimum atomic E-state index is -0.0518. The number of aryl methyl sites for hydroxylation is 1. The fraction of sp³-hybridized carbons (Fsp3) is 0.300. The highest BCUT2D eigenvalue weighted by Gasteiger charge is 2.05. The quantitative estimate of drug-likeness (QED) is 0.578. The van der Waals surface area contributed by atoms with Crippen LogP contribution in [0.2, 0.25) is 0 Å². The van der Waals surface area contributed by atoms with Gasteiger partial charge in [0, 0.05) is 10.6 Å². The summed E-state index contributed by atoms with van der Waals surface area (Å²) in [5, 5.41) is 8.59. The molecule has 1 rings (SSSR count). The molecule has 0 amide bonds. The third-order valence-electron chi connectivity index (χ3n) is 1.65. The molecule has 0 saturated carbocycles. The van der Waals surface area contributed by atoms with Crippen molar-refractivity contribution in [1.29, 1.82) is 5.26 Å². The first-order valence-corrected chi connectivity index (χ1v) is 4.94. The van der Waals surface area contributed by atoms with E-state index in [1.54, 1.807) is 0 Å². The summed E-state index contributed by atoms with van der Waals surface area (Å²) in [6, 6.07) is 8.02. The molecule has 2 nitrogen and oxygen atoms in total. The van der Waals surface area contributed by atoms with Gasteiger partial charge in [-0.05, 0) is 31.5 Å². The molecule has 0 saturated heterocycles. The molecular weight excluding hydrogens is 180 g/mol. The Morgan fingerprint density at radius 1 is 1.54 bits per heavy atom. The van der Waals surface area contributed by atoms with Crippen LogP contribution in [-0.2, 0) is 0 Å². The first-order valence-electron chi connectivity index (χ1n) is 4.06. The van der Waals surface area contributed by atoms with Crippen LogP contribution in [0.5, 0.6) is 0 Å². The molecule has 0 fully saturated rings. The van der Waals surface area contributed by atoms with Crippen LogP contribution in [0.4, 0.5) is 5.69 Å². The number of anilines is 1. The molecular formula is C10H12N2S. The molecule has 0 spiro atoms. The Hall–Kier alpha value is -1.14. The third kappa shape index (κ3) is 2.67. The van der Waals surface area contributed by atoms with E-state index in [-0.39, 0.29) is 5.25 Å². The van der Waals surface area contributed by atoms with Crippen molar-refractivity contribution < 1.29 is 0 Å². The van der Waals surface area contributed by atoms with E-state index in [4.69, 9.17) is 11.0 Å². The standard InChI is InChI=1S/C10H12N2S/c1-7-3-4-9(12)10(5-7)13-8(2)6-11/h3-5,8H,12H2,1-2H3. The first-order chi connectivity index (χ1) is 6.13. The molecule has 0 aliphatic heterocycles. The Morgan fingerprint density at radius 2 is 2.23 bits per heavy atom. The molecule has 0 bridgehead atoms. The van der Waals surface area contributed by atoms with E-state index >= 15 is 0 Å². The van der Waals surface area contributed by atoms with Crippen molar-refractivity contribution in [3.63, 3.8) is 0 Å². The van der Waals surface area contributed by atoms with Gasteiger partial charge in [0.05, 0.1) is 11.3 Å². The summed E-state index contributed by atoms with van der Waals surface area (Å²) in [5.74, 6) is 0. The summed E-state index contributed by atoms with van der Waals surface area (Å²) < 4.78 is 0. The molecule has 0 heterocycles. The van der Waals surface area contributed by atoms with Gasteiger partial charge in [0.1, 0.15) is 0 Å². The van der Waals surface area contributed by atoms with E-state index in [9.17, 15) is 0 Å². The van der Waals surface area contributed by atoms with E-state index in [2.05, 4.69) is 6.07 Å². The number of nitriles is 1. The molecule has 0 aromatic heterocycles. The summed E-state index contributed by atoms with van der Waals surface area (Å²) in [5.41, 5.74) is 7.68. The minimum Gasteiger partial charge on any atom is -0.398 e.